The maximum Gasteiger partial charge on any atom is 0.490 e. The van der Waals surface area contributed by atoms with E-state index in [-0.39, 0.29) is 6.42 Å². The number of carbonyl (C=O) groups is 1. The zero-order chi connectivity index (χ0) is 19.9. The van der Waals surface area contributed by atoms with Crippen LogP contribution in [0.25, 0.3) is 0 Å². The van der Waals surface area contributed by atoms with Crippen molar-refractivity contribution in [2.24, 2.45) is 11.3 Å². The Balaban J connectivity index is 1.93. The number of carboxylic acids is 1. The van der Waals surface area contributed by atoms with Gasteiger partial charge in [-0.3, -0.25) is 4.79 Å². The van der Waals surface area contributed by atoms with Gasteiger partial charge in [-0.05, 0) is 63.9 Å². The van der Waals surface area contributed by atoms with Crippen LogP contribution in [0.3, 0.4) is 0 Å². The number of carboxylic acid groups (broad SMARTS) is 1. The zero-order valence-corrected chi connectivity index (χ0v) is 16.5. The van der Waals surface area contributed by atoms with E-state index < -0.39 is 42.3 Å². The number of aliphatic carboxylic acids is 1. The number of hydrogen-bond acceptors (Lipinski definition) is 3. The monoisotopic (exact) mass is 374 g/mol. The number of halogens is 1. The van der Waals surface area contributed by atoms with Crippen LogP contribution in [0.1, 0.15) is 46.1 Å². The molecule has 0 aromatic heterocycles. The first-order valence-corrected chi connectivity index (χ1v) is 9.51. The Bertz CT molecular complexity index is 715. The Morgan fingerprint density at radius 1 is 1.19 bits per heavy atom. The van der Waals surface area contributed by atoms with E-state index >= 15 is 0 Å². The maximum absolute atomic E-state index is 14.0. The molecule has 1 N–H and O–H groups in total. The Kier molecular flexibility index (Phi) is 5.25. The zero-order valence-electron chi connectivity index (χ0n) is 16.5. The first-order chi connectivity index (χ1) is 12.6. The van der Waals surface area contributed by atoms with Gasteiger partial charge in [-0.25, -0.2) is 4.39 Å². The molecule has 1 saturated heterocycles. The molecule has 27 heavy (non-hydrogen) atoms. The van der Waals surface area contributed by atoms with Crippen molar-refractivity contribution in [3.05, 3.63) is 47.4 Å². The van der Waals surface area contributed by atoms with Crippen LogP contribution in [0, 0.1) is 11.3 Å². The lowest BCUT2D eigenvalue weighted by atomic mass is 9.60. The van der Waals surface area contributed by atoms with Crippen LogP contribution in [0.15, 0.2) is 41.9 Å². The molecule has 2 aliphatic rings. The first kappa shape index (κ1) is 20.1. The summed E-state index contributed by atoms with van der Waals surface area (Å²) >= 11 is 0. The quantitative estimate of drug-likeness (QED) is 0.784. The molecule has 4 nitrogen and oxygen atoms in total. The van der Waals surface area contributed by atoms with Gasteiger partial charge in [0.15, 0.2) is 0 Å². The highest BCUT2D eigenvalue weighted by Gasteiger charge is 2.55. The van der Waals surface area contributed by atoms with Crippen molar-refractivity contribution in [2.75, 3.05) is 6.67 Å². The summed E-state index contributed by atoms with van der Waals surface area (Å²) in [6, 6.07) is 9.63. The largest absolute Gasteiger partial charge is 0.490 e. The summed E-state index contributed by atoms with van der Waals surface area (Å²) in [4.78, 5) is 12.0. The number of alkyl halides is 1. The number of hydrogen-bond donors (Lipinski definition) is 1. The number of rotatable bonds is 5. The van der Waals surface area contributed by atoms with E-state index in [2.05, 4.69) is 0 Å². The van der Waals surface area contributed by atoms with Gasteiger partial charge in [0.25, 0.3) is 0 Å². The van der Waals surface area contributed by atoms with Crippen molar-refractivity contribution < 1.29 is 23.6 Å². The van der Waals surface area contributed by atoms with E-state index in [0.717, 1.165) is 11.0 Å². The van der Waals surface area contributed by atoms with E-state index in [0.29, 0.717) is 12.8 Å². The van der Waals surface area contributed by atoms with E-state index in [9.17, 15) is 14.3 Å². The van der Waals surface area contributed by atoms with Gasteiger partial charge in [0.05, 0.1) is 11.2 Å². The summed E-state index contributed by atoms with van der Waals surface area (Å²) in [5, 5.41) is 9.82. The summed E-state index contributed by atoms with van der Waals surface area (Å²) in [5.41, 5.74) is -0.417. The third-order valence-electron chi connectivity index (χ3n) is 6.50. The molecule has 1 aliphatic heterocycles. The summed E-state index contributed by atoms with van der Waals surface area (Å²) < 4.78 is 26.3. The van der Waals surface area contributed by atoms with Gasteiger partial charge in [-0.1, -0.05) is 36.4 Å². The minimum atomic E-state index is -1.40. The third kappa shape index (κ3) is 3.57. The Morgan fingerprint density at radius 2 is 1.78 bits per heavy atom. The van der Waals surface area contributed by atoms with Crippen LogP contribution in [0.5, 0.6) is 0 Å². The van der Waals surface area contributed by atoms with Gasteiger partial charge >= 0.3 is 13.1 Å². The van der Waals surface area contributed by atoms with Crippen LogP contribution in [-0.2, 0) is 20.5 Å². The Morgan fingerprint density at radius 3 is 2.30 bits per heavy atom. The normalized spacial score (nSPS) is 29.4. The molecule has 1 unspecified atom stereocenters. The molecule has 1 aliphatic carbocycles. The van der Waals surface area contributed by atoms with Gasteiger partial charge < -0.3 is 14.4 Å². The van der Waals surface area contributed by atoms with Crippen molar-refractivity contribution >= 4 is 13.1 Å². The summed E-state index contributed by atoms with van der Waals surface area (Å²) in [6.07, 6.45) is 3.07. The van der Waals surface area contributed by atoms with Crippen LogP contribution in [0.4, 0.5) is 4.39 Å². The third-order valence-corrected chi connectivity index (χ3v) is 6.50. The van der Waals surface area contributed by atoms with Gasteiger partial charge in [0, 0.05) is 0 Å². The highest BCUT2D eigenvalue weighted by atomic mass is 19.1. The predicted octanol–water partition coefficient (Wildman–Crippen LogP) is 4.24. The molecule has 0 amide bonds. The second kappa shape index (κ2) is 7.06. The lowest BCUT2D eigenvalue weighted by Gasteiger charge is -2.38. The van der Waals surface area contributed by atoms with Crippen molar-refractivity contribution in [1.29, 1.82) is 0 Å². The maximum atomic E-state index is 14.0. The molecule has 0 bridgehead atoms. The fraction of sp³-hybridized carbons (Fsp3) is 0.571. The molecule has 6 heteroatoms. The van der Waals surface area contributed by atoms with Gasteiger partial charge in [-0.2, -0.15) is 0 Å². The molecular formula is C21H28BFO4. The van der Waals surface area contributed by atoms with Crippen LogP contribution in [-0.4, -0.2) is 36.1 Å². The van der Waals surface area contributed by atoms with E-state index in [1.807, 2.05) is 64.1 Å². The second-order valence-corrected chi connectivity index (χ2v) is 8.72. The second-order valence-electron chi connectivity index (χ2n) is 8.72. The molecule has 146 valence electrons. The highest BCUT2D eigenvalue weighted by molar-refractivity contribution is 6.54. The first-order valence-electron chi connectivity index (χ1n) is 9.51. The van der Waals surface area contributed by atoms with Crippen molar-refractivity contribution in [1.82, 2.24) is 0 Å². The standard InChI is InChI=1S/C21H28BFO4/c1-19(2)20(3,4)27-22(26-19)17-10-11-21(14-23,18(24)25)16(13-17)12-15-8-6-5-7-9-15/h5-9,13,16H,10-12,14H2,1-4H3,(H,24,25)/t16?,21-/m0/s1. The van der Waals surface area contributed by atoms with Crippen molar-refractivity contribution in [3.63, 3.8) is 0 Å². The average Bonchev–Trinajstić information content (AvgIpc) is 2.83. The smallest absolute Gasteiger partial charge is 0.481 e. The lowest BCUT2D eigenvalue weighted by Crippen LogP contribution is -2.44. The SMILES string of the molecule is CC1(C)OB(C2=CC(Cc3ccccc3)[C@](CF)(C(=O)O)CC2)OC1(C)C. The van der Waals surface area contributed by atoms with E-state index in [1.165, 1.54) is 0 Å². The minimum absolute atomic E-state index is 0.242. The fourth-order valence-corrected chi connectivity index (χ4v) is 3.86. The highest BCUT2D eigenvalue weighted by Crippen LogP contribution is 2.46. The Hall–Kier alpha value is -1.66. The summed E-state index contributed by atoms with van der Waals surface area (Å²) in [7, 11) is -0.514. The molecule has 0 spiro atoms. The molecule has 0 radical (unpaired) electrons. The number of benzene rings is 1. The molecule has 1 aromatic carbocycles. The van der Waals surface area contributed by atoms with E-state index in [1.54, 1.807) is 0 Å². The lowest BCUT2D eigenvalue weighted by molar-refractivity contribution is -0.153. The predicted molar refractivity (Wildman–Crippen MR) is 103 cm³/mol. The molecule has 3 rings (SSSR count). The van der Waals surface area contributed by atoms with Crippen molar-refractivity contribution in [3.8, 4) is 0 Å². The molecule has 1 fully saturated rings. The fourth-order valence-electron chi connectivity index (χ4n) is 3.86. The van der Waals surface area contributed by atoms with Crippen molar-refractivity contribution in [2.45, 2.75) is 58.2 Å². The molecular weight excluding hydrogens is 346 g/mol. The van der Waals surface area contributed by atoms with Gasteiger partial charge in [0.1, 0.15) is 12.1 Å². The number of allylic oxidation sites excluding steroid dienone is 2. The summed E-state index contributed by atoms with van der Waals surface area (Å²) in [5.74, 6) is -1.53. The van der Waals surface area contributed by atoms with Crippen LogP contribution >= 0.6 is 0 Å². The summed E-state index contributed by atoms with van der Waals surface area (Å²) in [6.45, 7) is 7.07. The minimum Gasteiger partial charge on any atom is -0.481 e. The molecule has 0 saturated carbocycles. The van der Waals surface area contributed by atoms with Gasteiger partial charge in [0.2, 0.25) is 0 Å². The Labute approximate surface area is 160 Å². The van der Waals surface area contributed by atoms with Crippen LogP contribution < -0.4 is 0 Å². The molecule has 2 atom stereocenters. The van der Waals surface area contributed by atoms with Crippen LogP contribution in [0.2, 0.25) is 0 Å². The topological polar surface area (TPSA) is 55.8 Å². The van der Waals surface area contributed by atoms with E-state index in [4.69, 9.17) is 9.31 Å². The molecule has 1 heterocycles. The molecule has 1 aromatic rings. The van der Waals surface area contributed by atoms with Gasteiger partial charge in [-0.15, -0.1) is 0 Å². The average molecular weight is 374 g/mol.